The van der Waals surface area contributed by atoms with Crippen molar-refractivity contribution in [1.29, 1.82) is 0 Å². The van der Waals surface area contributed by atoms with Crippen LogP contribution in [0.25, 0.3) is 0 Å². The molecule has 1 atom stereocenters. The first kappa shape index (κ1) is 13.2. The van der Waals surface area contributed by atoms with Crippen molar-refractivity contribution in [1.82, 2.24) is 0 Å². The SMILES string of the molecule is CCCC[C@H]1c2ccccc2CCN1c1ccccc1. The molecule has 0 aliphatic carbocycles. The number of rotatable bonds is 4. The zero-order valence-electron chi connectivity index (χ0n) is 12.3. The normalized spacial score (nSPS) is 17.9. The summed E-state index contributed by atoms with van der Waals surface area (Å²) >= 11 is 0. The standard InChI is InChI=1S/C19H23N/c1-2-3-13-19-18-12-8-7-9-16(18)14-15-20(19)17-10-5-4-6-11-17/h4-12,19H,2-3,13-15H2,1H3/t19-/m0/s1. The molecule has 104 valence electrons. The zero-order valence-corrected chi connectivity index (χ0v) is 12.3. The summed E-state index contributed by atoms with van der Waals surface area (Å²) in [7, 11) is 0. The van der Waals surface area contributed by atoms with E-state index in [1.807, 2.05) is 0 Å². The van der Waals surface area contributed by atoms with Gasteiger partial charge >= 0.3 is 0 Å². The molecule has 1 aliphatic rings. The van der Waals surface area contributed by atoms with Crippen molar-refractivity contribution in [2.75, 3.05) is 11.4 Å². The average molecular weight is 265 g/mol. The van der Waals surface area contributed by atoms with E-state index in [2.05, 4.69) is 66.4 Å². The monoisotopic (exact) mass is 265 g/mol. The Bertz CT molecular complexity index is 547. The summed E-state index contributed by atoms with van der Waals surface area (Å²) in [5.41, 5.74) is 4.44. The summed E-state index contributed by atoms with van der Waals surface area (Å²) in [5, 5.41) is 0. The number of nitrogens with zero attached hydrogens (tertiary/aromatic N) is 1. The largest absolute Gasteiger partial charge is 0.364 e. The molecule has 0 saturated heterocycles. The molecule has 1 nitrogen and oxygen atoms in total. The number of fused-ring (bicyclic) bond motifs is 1. The highest BCUT2D eigenvalue weighted by Gasteiger charge is 2.26. The van der Waals surface area contributed by atoms with Crippen LogP contribution in [0.1, 0.15) is 43.4 Å². The number of anilines is 1. The van der Waals surface area contributed by atoms with Gasteiger partial charge in [-0.2, -0.15) is 0 Å². The lowest BCUT2D eigenvalue weighted by atomic mass is 9.89. The van der Waals surface area contributed by atoms with Crippen molar-refractivity contribution < 1.29 is 0 Å². The van der Waals surface area contributed by atoms with Crippen molar-refractivity contribution >= 4 is 5.69 Å². The lowest BCUT2D eigenvalue weighted by molar-refractivity contribution is 0.522. The predicted molar refractivity (Wildman–Crippen MR) is 86.2 cm³/mol. The van der Waals surface area contributed by atoms with E-state index in [1.165, 1.54) is 30.5 Å². The molecule has 0 unspecified atom stereocenters. The van der Waals surface area contributed by atoms with Gasteiger partial charge in [-0.3, -0.25) is 0 Å². The Morgan fingerprint density at radius 2 is 1.75 bits per heavy atom. The highest BCUT2D eigenvalue weighted by atomic mass is 15.2. The van der Waals surface area contributed by atoms with Crippen LogP contribution in [0.5, 0.6) is 0 Å². The van der Waals surface area contributed by atoms with E-state index < -0.39 is 0 Å². The maximum atomic E-state index is 2.60. The van der Waals surface area contributed by atoms with E-state index in [9.17, 15) is 0 Å². The molecule has 3 rings (SSSR count). The molecule has 0 N–H and O–H groups in total. The summed E-state index contributed by atoms with van der Waals surface area (Å²) in [6.45, 7) is 3.41. The fourth-order valence-corrected chi connectivity index (χ4v) is 3.29. The molecule has 0 spiro atoms. The van der Waals surface area contributed by atoms with Crippen LogP contribution in [0.3, 0.4) is 0 Å². The highest BCUT2D eigenvalue weighted by Crippen LogP contribution is 2.36. The van der Waals surface area contributed by atoms with Crippen molar-refractivity contribution in [3.63, 3.8) is 0 Å². The summed E-state index contributed by atoms with van der Waals surface area (Å²) in [5.74, 6) is 0. The van der Waals surface area contributed by atoms with Crippen LogP contribution in [0.15, 0.2) is 54.6 Å². The van der Waals surface area contributed by atoms with Crippen LogP contribution in [0.2, 0.25) is 0 Å². The zero-order chi connectivity index (χ0) is 13.8. The molecule has 0 saturated carbocycles. The van der Waals surface area contributed by atoms with Gasteiger partial charge < -0.3 is 4.90 Å². The smallest absolute Gasteiger partial charge is 0.0545 e. The molecule has 2 aromatic rings. The maximum absolute atomic E-state index is 2.60. The summed E-state index contributed by atoms with van der Waals surface area (Å²) in [6.07, 6.45) is 4.97. The van der Waals surface area contributed by atoms with Gasteiger partial charge in [-0.05, 0) is 36.1 Å². The fraction of sp³-hybridized carbons (Fsp3) is 0.368. The molecule has 0 amide bonds. The molecule has 0 fully saturated rings. The van der Waals surface area contributed by atoms with Crippen LogP contribution >= 0.6 is 0 Å². The van der Waals surface area contributed by atoms with Gasteiger partial charge in [-0.1, -0.05) is 62.2 Å². The van der Waals surface area contributed by atoms with Crippen LogP contribution < -0.4 is 4.90 Å². The van der Waals surface area contributed by atoms with Crippen molar-refractivity contribution in [2.24, 2.45) is 0 Å². The first-order valence-corrected chi connectivity index (χ1v) is 7.79. The van der Waals surface area contributed by atoms with Gasteiger partial charge in [-0.15, -0.1) is 0 Å². The Morgan fingerprint density at radius 3 is 2.55 bits per heavy atom. The molecular weight excluding hydrogens is 242 g/mol. The lowest BCUT2D eigenvalue weighted by Gasteiger charge is -2.39. The molecular formula is C19H23N. The van der Waals surface area contributed by atoms with Gasteiger partial charge in [0.1, 0.15) is 0 Å². The molecule has 0 radical (unpaired) electrons. The molecule has 0 bridgehead atoms. The Labute approximate surface area is 122 Å². The minimum absolute atomic E-state index is 0.544. The number of benzene rings is 2. The van der Waals surface area contributed by atoms with Gasteiger partial charge in [0, 0.05) is 12.2 Å². The molecule has 0 aromatic heterocycles. The topological polar surface area (TPSA) is 3.24 Å². The lowest BCUT2D eigenvalue weighted by Crippen LogP contribution is -2.35. The van der Waals surface area contributed by atoms with E-state index in [0.29, 0.717) is 6.04 Å². The highest BCUT2D eigenvalue weighted by molar-refractivity contribution is 5.52. The minimum Gasteiger partial charge on any atom is -0.364 e. The van der Waals surface area contributed by atoms with Crippen LogP contribution in [0, 0.1) is 0 Å². The summed E-state index contributed by atoms with van der Waals surface area (Å²) < 4.78 is 0. The van der Waals surface area contributed by atoms with Crippen LogP contribution in [-0.4, -0.2) is 6.54 Å². The summed E-state index contributed by atoms with van der Waals surface area (Å²) in [6, 6.07) is 20.4. The van der Waals surface area contributed by atoms with Gasteiger partial charge in [0.2, 0.25) is 0 Å². The second kappa shape index (κ2) is 6.13. The van der Waals surface area contributed by atoms with E-state index >= 15 is 0 Å². The molecule has 1 aliphatic heterocycles. The number of hydrogen-bond donors (Lipinski definition) is 0. The second-order valence-corrected chi connectivity index (χ2v) is 5.64. The molecule has 2 aromatic carbocycles. The Hall–Kier alpha value is -1.76. The van der Waals surface area contributed by atoms with E-state index in [1.54, 1.807) is 5.56 Å². The average Bonchev–Trinajstić information content (AvgIpc) is 2.53. The first-order chi connectivity index (χ1) is 9.90. The Morgan fingerprint density at radius 1 is 1.00 bits per heavy atom. The van der Waals surface area contributed by atoms with Gasteiger partial charge in [0.25, 0.3) is 0 Å². The van der Waals surface area contributed by atoms with E-state index in [4.69, 9.17) is 0 Å². The third-order valence-corrected chi connectivity index (χ3v) is 4.33. The second-order valence-electron chi connectivity index (χ2n) is 5.64. The number of para-hydroxylation sites is 1. The number of unbranched alkanes of at least 4 members (excludes halogenated alkanes) is 1. The predicted octanol–water partition coefficient (Wildman–Crippen LogP) is 4.98. The third kappa shape index (κ3) is 2.58. The van der Waals surface area contributed by atoms with Crippen molar-refractivity contribution in [3.05, 3.63) is 65.7 Å². The summed E-state index contributed by atoms with van der Waals surface area (Å²) in [4.78, 5) is 2.60. The van der Waals surface area contributed by atoms with Crippen LogP contribution in [0.4, 0.5) is 5.69 Å². The van der Waals surface area contributed by atoms with Crippen molar-refractivity contribution in [2.45, 2.75) is 38.6 Å². The Balaban J connectivity index is 1.95. The molecule has 1 heteroatoms. The van der Waals surface area contributed by atoms with Crippen LogP contribution in [-0.2, 0) is 6.42 Å². The molecule has 20 heavy (non-hydrogen) atoms. The van der Waals surface area contributed by atoms with Crippen molar-refractivity contribution in [3.8, 4) is 0 Å². The van der Waals surface area contributed by atoms with Gasteiger partial charge in [0.15, 0.2) is 0 Å². The first-order valence-electron chi connectivity index (χ1n) is 7.79. The molecule has 1 heterocycles. The quantitative estimate of drug-likeness (QED) is 0.753. The Kier molecular flexibility index (Phi) is 4.05. The van der Waals surface area contributed by atoms with E-state index in [0.717, 1.165) is 13.0 Å². The maximum Gasteiger partial charge on any atom is 0.0545 e. The van der Waals surface area contributed by atoms with Gasteiger partial charge in [-0.25, -0.2) is 0 Å². The number of hydrogen-bond acceptors (Lipinski definition) is 1. The van der Waals surface area contributed by atoms with E-state index in [-0.39, 0.29) is 0 Å². The third-order valence-electron chi connectivity index (χ3n) is 4.33. The fourth-order valence-electron chi connectivity index (χ4n) is 3.29. The minimum atomic E-state index is 0.544. The van der Waals surface area contributed by atoms with Gasteiger partial charge in [0.05, 0.1) is 6.04 Å².